The summed E-state index contributed by atoms with van der Waals surface area (Å²) < 4.78 is 5.18. The van der Waals surface area contributed by atoms with Crippen molar-refractivity contribution in [2.24, 2.45) is 5.92 Å². The second-order valence-electron chi connectivity index (χ2n) is 7.19. The molecule has 2 atom stereocenters. The van der Waals surface area contributed by atoms with E-state index in [2.05, 4.69) is 15.5 Å². The molecule has 142 valence electrons. The molecule has 4 rings (SSSR count). The number of halogens is 2. The maximum Gasteiger partial charge on any atom is 0.247 e. The Balaban J connectivity index is 0.00000156. The zero-order chi connectivity index (χ0) is 16.4. The van der Waals surface area contributed by atoms with Gasteiger partial charge in [0.25, 0.3) is 0 Å². The van der Waals surface area contributed by atoms with Crippen LogP contribution in [0.2, 0.25) is 0 Å². The molecule has 0 aliphatic carbocycles. The minimum Gasteiger partial charge on any atom is -0.497 e. The van der Waals surface area contributed by atoms with Crippen LogP contribution in [0.4, 0.5) is 5.69 Å². The van der Waals surface area contributed by atoms with Gasteiger partial charge < -0.3 is 20.3 Å². The van der Waals surface area contributed by atoms with Gasteiger partial charge in [0.05, 0.1) is 7.11 Å². The van der Waals surface area contributed by atoms with Crippen LogP contribution in [0, 0.1) is 5.92 Å². The van der Waals surface area contributed by atoms with E-state index in [4.69, 9.17) is 4.74 Å². The third kappa shape index (κ3) is 4.93. The first kappa shape index (κ1) is 21.9. The van der Waals surface area contributed by atoms with Gasteiger partial charge in [0.15, 0.2) is 0 Å². The SMILES string of the molecule is COc1ccc(NC(C)(C)C(=O)N2C[C@@H]3CC[C@H]2CNC3)cc1.Cl.Cl. The summed E-state index contributed by atoms with van der Waals surface area (Å²) in [5.74, 6) is 1.59. The van der Waals surface area contributed by atoms with Gasteiger partial charge in [-0.1, -0.05) is 0 Å². The Morgan fingerprint density at radius 1 is 1.20 bits per heavy atom. The number of rotatable bonds is 4. The molecule has 0 saturated carbocycles. The Morgan fingerprint density at radius 3 is 2.52 bits per heavy atom. The lowest BCUT2D eigenvalue weighted by atomic mass is 9.92. The Bertz CT molecular complexity index is 562. The molecule has 1 amide bonds. The molecule has 3 aliphatic heterocycles. The van der Waals surface area contributed by atoms with E-state index in [-0.39, 0.29) is 30.7 Å². The molecule has 3 saturated heterocycles. The maximum atomic E-state index is 13.1. The van der Waals surface area contributed by atoms with Crippen molar-refractivity contribution in [3.63, 3.8) is 0 Å². The topological polar surface area (TPSA) is 53.6 Å². The van der Waals surface area contributed by atoms with Gasteiger partial charge in [-0.25, -0.2) is 0 Å². The summed E-state index contributed by atoms with van der Waals surface area (Å²) >= 11 is 0. The molecular weight excluding hydrogens is 361 g/mol. The van der Waals surface area contributed by atoms with Crippen molar-refractivity contribution in [1.82, 2.24) is 10.2 Å². The lowest BCUT2D eigenvalue weighted by Crippen LogP contribution is -2.56. The summed E-state index contributed by atoms with van der Waals surface area (Å²) in [6, 6.07) is 8.04. The standard InChI is InChI=1S/C18H27N3O2.2ClH/c1-18(2,20-14-5-8-16(23-3)9-6-14)17(22)21-12-13-4-7-15(21)11-19-10-13;;/h5-6,8-9,13,15,19-20H,4,7,10-12H2,1-3H3;2*1H/t13-,15+;;/m1../s1. The smallest absolute Gasteiger partial charge is 0.247 e. The number of carbonyl (C=O) groups is 1. The maximum absolute atomic E-state index is 13.1. The highest BCUT2D eigenvalue weighted by atomic mass is 35.5. The van der Waals surface area contributed by atoms with Crippen molar-refractivity contribution in [2.45, 2.75) is 38.3 Å². The van der Waals surface area contributed by atoms with Crippen molar-refractivity contribution in [2.75, 3.05) is 32.1 Å². The number of carbonyl (C=O) groups excluding carboxylic acids is 1. The van der Waals surface area contributed by atoms with Crippen molar-refractivity contribution in [3.05, 3.63) is 24.3 Å². The summed E-state index contributed by atoms with van der Waals surface area (Å²) in [7, 11) is 1.65. The number of piperidine rings is 1. The van der Waals surface area contributed by atoms with Crippen LogP contribution in [0.15, 0.2) is 24.3 Å². The fourth-order valence-corrected chi connectivity index (χ4v) is 3.63. The lowest BCUT2D eigenvalue weighted by Gasteiger charge is -2.41. The average molecular weight is 390 g/mol. The molecule has 3 aliphatic rings. The van der Waals surface area contributed by atoms with Crippen LogP contribution in [0.3, 0.4) is 0 Å². The van der Waals surface area contributed by atoms with Crippen molar-refractivity contribution in [1.29, 1.82) is 0 Å². The van der Waals surface area contributed by atoms with E-state index in [1.807, 2.05) is 38.1 Å². The zero-order valence-corrected chi connectivity index (χ0v) is 16.7. The molecule has 3 fully saturated rings. The first-order valence-corrected chi connectivity index (χ1v) is 8.43. The predicted octanol–water partition coefficient (Wildman–Crippen LogP) is 2.94. The van der Waals surface area contributed by atoms with E-state index in [1.54, 1.807) is 7.11 Å². The first-order chi connectivity index (χ1) is 11.0. The van der Waals surface area contributed by atoms with Gasteiger partial charge in [-0.2, -0.15) is 0 Å². The molecule has 2 N–H and O–H groups in total. The number of amides is 1. The Morgan fingerprint density at radius 2 is 1.88 bits per heavy atom. The largest absolute Gasteiger partial charge is 0.497 e. The van der Waals surface area contributed by atoms with Gasteiger partial charge in [-0.15, -0.1) is 24.8 Å². The van der Waals surface area contributed by atoms with Gasteiger partial charge >= 0.3 is 0 Å². The van der Waals surface area contributed by atoms with Crippen molar-refractivity contribution in [3.8, 4) is 5.75 Å². The summed E-state index contributed by atoms with van der Waals surface area (Å²) in [6.45, 7) is 6.76. The summed E-state index contributed by atoms with van der Waals surface area (Å²) in [4.78, 5) is 15.2. The van der Waals surface area contributed by atoms with Crippen LogP contribution in [-0.2, 0) is 4.79 Å². The molecule has 1 aromatic carbocycles. The van der Waals surface area contributed by atoms with Gasteiger partial charge in [0.2, 0.25) is 5.91 Å². The summed E-state index contributed by atoms with van der Waals surface area (Å²) in [5.41, 5.74) is 0.307. The average Bonchev–Trinajstić information content (AvgIpc) is 2.90. The zero-order valence-electron chi connectivity index (χ0n) is 15.1. The minimum absolute atomic E-state index is 0. The third-order valence-electron chi connectivity index (χ3n) is 4.96. The Hall–Kier alpha value is -1.17. The number of hydrogen-bond donors (Lipinski definition) is 2. The number of benzene rings is 1. The molecule has 0 radical (unpaired) electrons. The fraction of sp³-hybridized carbons (Fsp3) is 0.611. The molecular formula is C18H29Cl2N3O2. The Labute approximate surface area is 162 Å². The molecule has 1 aromatic rings. The number of fused-ring (bicyclic) bond motifs is 4. The highest BCUT2D eigenvalue weighted by molar-refractivity contribution is 5.89. The first-order valence-electron chi connectivity index (χ1n) is 8.43. The second kappa shape index (κ2) is 8.97. The van der Waals surface area contributed by atoms with Crippen LogP contribution in [0.25, 0.3) is 0 Å². The van der Waals surface area contributed by atoms with Crippen LogP contribution in [0.5, 0.6) is 5.75 Å². The van der Waals surface area contributed by atoms with Crippen molar-refractivity contribution < 1.29 is 9.53 Å². The highest BCUT2D eigenvalue weighted by Crippen LogP contribution is 2.28. The second-order valence-corrected chi connectivity index (χ2v) is 7.19. The molecule has 3 heterocycles. The predicted molar refractivity (Wildman–Crippen MR) is 106 cm³/mol. The summed E-state index contributed by atoms with van der Waals surface area (Å²) in [6.07, 6.45) is 2.34. The molecule has 5 nitrogen and oxygen atoms in total. The molecule has 0 spiro atoms. The Kier molecular flexibility index (Phi) is 7.85. The number of anilines is 1. The van der Waals surface area contributed by atoms with Gasteiger partial charge in [0.1, 0.15) is 11.3 Å². The van der Waals surface area contributed by atoms with E-state index >= 15 is 0 Å². The van der Waals surface area contributed by atoms with E-state index < -0.39 is 5.54 Å². The van der Waals surface area contributed by atoms with E-state index in [9.17, 15) is 4.79 Å². The number of hydrogen-bond acceptors (Lipinski definition) is 4. The fourth-order valence-electron chi connectivity index (χ4n) is 3.63. The molecule has 25 heavy (non-hydrogen) atoms. The number of ether oxygens (including phenoxy) is 1. The quantitative estimate of drug-likeness (QED) is 0.830. The van der Waals surface area contributed by atoms with Crippen LogP contribution >= 0.6 is 24.8 Å². The molecule has 0 unspecified atom stereocenters. The van der Waals surface area contributed by atoms with Crippen LogP contribution in [0.1, 0.15) is 26.7 Å². The van der Waals surface area contributed by atoms with Gasteiger partial charge in [-0.3, -0.25) is 4.79 Å². The van der Waals surface area contributed by atoms with Gasteiger partial charge in [-0.05, 0) is 63.4 Å². The van der Waals surface area contributed by atoms with Crippen LogP contribution in [-0.4, -0.2) is 49.1 Å². The van der Waals surface area contributed by atoms with Crippen LogP contribution < -0.4 is 15.4 Å². The van der Waals surface area contributed by atoms with Gasteiger partial charge in [0, 0.05) is 24.8 Å². The number of nitrogens with zero attached hydrogens (tertiary/aromatic N) is 1. The summed E-state index contributed by atoms with van der Waals surface area (Å²) in [5, 5.41) is 6.86. The van der Waals surface area contributed by atoms with E-state index in [1.165, 1.54) is 6.42 Å². The minimum atomic E-state index is -0.626. The highest BCUT2D eigenvalue weighted by Gasteiger charge is 2.40. The molecule has 7 heteroatoms. The monoisotopic (exact) mass is 389 g/mol. The number of nitrogens with one attached hydrogen (secondary N) is 2. The lowest BCUT2D eigenvalue weighted by molar-refractivity contribution is -0.139. The number of methoxy groups -OCH3 is 1. The molecule has 0 aromatic heterocycles. The third-order valence-corrected chi connectivity index (χ3v) is 4.96. The normalized spacial score (nSPS) is 22.3. The van der Waals surface area contributed by atoms with Crippen molar-refractivity contribution >= 4 is 36.4 Å². The van der Waals surface area contributed by atoms with E-state index in [0.29, 0.717) is 12.0 Å². The molecule has 2 bridgehead atoms. The van der Waals surface area contributed by atoms with E-state index in [0.717, 1.165) is 37.5 Å².